The summed E-state index contributed by atoms with van der Waals surface area (Å²) in [6.07, 6.45) is 0.927. The smallest absolute Gasteiger partial charge is 0.0541 e. The Kier molecular flexibility index (Phi) is 6.62. The second kappa shape index (κ2) is 11.2. The molecular weight excluding hydrogens is 530 g/mol. The first-order valence-electron chi connectivity index (χ1n) is 15.2. The van der Waals surface area contributed by atoms with Crippen LogP contribution in [0.5, 0.6) is 0 Å². The predicted molar refractivity (Wildman–Crippen MR) is 186 cm³/mol. The molecule has 0 bridgehead atoms. The highest BCUT2D eigenvalue weighted by Crippen LogP contribution is 2.33. The van der Waals surface area contributed by atoms with E-state index in [0.29, 0.717) is 0 Å². The van der Waals surface area contributed by atoms with Crippen LogP contribution in [-0.4, -0.2) is 4.57 Å². The molecule has 1 heterocycles. The van der Waals surface area contributed by atoms with Gasteiger partial charge in [0.05, 0.1) is 11.0 Å². The van der Waals surface area contributed by atoms with Gasteiger partial charge in [-0.3, -0.25) is 0 Å². The molecule has 0 fully saturated rings. The Bertz CT molecular complexity index is 2150. The molecule has 0 spiro atoms. The summed E-state index contributed by atoms with van der Waals surface area (Å²) in [6.45, 7) is 0. The van der Waals surface area contributed by atoms with E-state index in [0.717, 1.165) is 6.42 Å². The highest BCUT2D eigenvalue weighted by molar-refractivity contribution is 6.09. The molecule has 0 amide bonds. The monoisotopic (exact) mass is 561 g/mol. The predicted octanol–water partition coefficient (Wildman–Crippen LogP) is 11.4. The number of hydrogen-bond acceptors (Lipinski definition) is 0. The van der Waals surface area contributed by atoms with Gasteiger partial charge < -0.3 is 4.57 Å². The summed E-state index contributed by atoms with van der Waals surface area (Å²) in [5, 5.41) is 2.56. The van der Waals surface area contributed by atoms with E-state index in [1.54, 1.807) is 0 Å². The molecule has 0 saturated carbocycles. The van der Waals surface area contributed by atoms with Crippen LogP contribution in [0.3, 0.4) is 0 Å². The molecule has 0 aliphatic rings. The Hall–Kier alpha value is -5.66. The lowest BCUT2D eigenvalue weighted by atomic mass is 9.97. The van der Waals surface area contributed by atoms with Gasteiger partial charge in [-0.25, -0.2) is 0 Å². The third-order valence-corrected chi connectivity index (χ3v) is 8.66. The highest BCUT2D eigenvalue weighted by Gasteiger charge is 2.12. The molecule has 0 aliphatic carbocycles. The Labute approximate surface area is 258 Å². The van der Waals surface area contributed by atoms with E-state index in [-0.39, 0.29) is 0 Å². The van der Waals surface area contributed by atoms with Crippen LogP contribution >= 0.6 is 0 Å². The average molecular weight is 562 g/mol. The minimum absolute atomic E-state index is 0.927. The van der Waals surface area contributed by atoms with Crippen LogP contribution in [0.2, 0.25) is 0 Å². The van der Waals surface area contributed by atoms with E-state index in [1.165, 1.54) is 72.0 Å². The van der Waals surface area contributed by atoms with Crippen LogP contribution in [-0.2, 0) is 6.42 Å². The molecule has 8 aromatic rings. The molecule has 1 aromatic heterocycles. The lowest BCUT2D eigenvalue weighted by Crippen LogP contribution is -1.94. The quantitative estimate of drug-likeness (QED) is 0.190. The van der Waals surface area contributed by atoms with Crippen molar-refractivity contribution >= 4 is 21.8 Å². The number of fused-ring (bicyclic) bond motifs is 3. The molecule has 0 N–H and O–H groups in total. The summed E-state index contributed by atoms with van der Waals surface area (Å²) in [5.74, 6) is 0. The second-order valence-electron chi connectivity index (χ2n) is 11.4. The van der Waals surface area contributed by atoms with E-state index in [2.05, 4.69) is 180 Å². The average Bonchev–Trinajstić information content (AvgIpc) is 3.44. The number of nitrogens with zero attached hydrogens (tertiary/aromatic N) is 1. The van der Waals surface area contributed by atoms with Gasteiger partial charge in [-0.15, -0.1) is 0 Å². The molecule has 208 valence electrons. The lowest BCUT2D eigenvalue weighted by molar-refractivity contribution is 1.18. The van der Waals surface area contributed by atoms with Crippen molar-refractivity contribution in [3.8, 4) is 39.1 Å². The van der Waals surface area contributed by atoms with Gasteiger partial charge in [-0.1, -0.05) is 152 Å². The summed E-state index contributed by atoms with van der Waals surface area (Å²) in [7, 11) is 0. The van der Waals surface area contributed by atoms with Crippen LogP contribution < -0.4 is 0 Å². The Balaban J connectivity index is 1.02. The molecule has 1 nitrogen and oxygen atoms in total. The van der Waals surface area contributed by atoms with Gasteiger partial charge in [0.1, 0.15) is 0 Å². The number of aromatic nitrogens is 1. The van der Waals surface area contributed by atoms with E-state index in [9.17, 15) is 0 Å². The van der Waals surface area contributed by atoms with Crippen LogP contribution in [0.25, 0.3) is 60.9 Å². The molecule has 0 saturated heterocycles. The lowest BCUT2D eigenvalue weighted by Gasteiger charge is -2.11. The van der Waals surface area contributed by atoms with E-state index >= 15 is 0 Å². The fraction of sp³-hybridized carbons (Fsp3) is 0.0233. The molecule has 0 atom stereocenters. The Morgan fingerprint density at radius 3 is 1.27 bits per heavy atom. The van der Waals surface area contributed by atoms with Crippen molar-refractivity contribution in [2.24, 2.45) is 0 Å². The van der Waals surface area contributed by atoms with Crippen LogP contribution in [0.4, 0.5) is 0 Å². The van der Waals surface area contributed by atoms with E-state index < -0.39 is 0 Å². The molecule has 7 aromatic carbocycles. The summed E-state index contributed by atoms with van der Waals surface area (Å²) in [5.41, 5.74) is 13.7. The zero-order chi connectivity index (χ0) is 29.3. The SMILES string of the molecule is c1ccc(-c2ccc(Cc3ccc(-c4ccc(-c5cccc(-n6c7ccccc7c7ccccc76)c5)cc4)cc3)cc2)cc1. The van der Waals surface area contributed by atoms with Crippen molar-refractivity contribution in [1.82, 2.24) is 4.57 Å². The number of hydrogen-bond donors (Lipinski definition) is 0. The molecular formula is C43H31N. The van der Waals surface area contributed by atoms with E-state index in [1.807, 2.05) is 0 Å². The standard InChI is InChI=1S/C43H31N/c1-2-9-33(10-3-1)34-21-17-31(18-22-34)29-32-19-23-35(24-20-32)36-25-27-37(28-26-36)38-11-8-12-39(30-38)44-42-15-6-4-13-40(42)41-14-5-7-16-43(41)44/h1-28,30H,29H2. The van der Waals surface area contributed by atoms with Crippen molar-refractivity contribution in [3.63, 3.8) is 0 Å². The first-order chi connectivity index (χ1) is 21.8. The highest BCUT2D eigenvalue weighted by atomic mass is 15.0. The van der Waals surface area contributed by atoms with Crippen LogP contribution in [0.15, 0.2) is 176 Å². The van der Waals surface area contributed by atoms with Gasteiger partial charge in [-0.05, 0) is 75.2 Å². The fourth-order valence-electron chi connectivity index (χ4n) is 6.38. The zero-order valence-electron chi connectivity index (χ0n) is 24.4. The van der Waals surface area contributed by atoms with Crippen molar-refractivity contribution in [1.29, 1.82) is 0 Å². The molecule has 0 radical (unpaired) electrons. The molecule has 1 heteroatoms. The molecule has 44 heavy (non-hydrogen) atoms. The molecule has 0 unspecified atom stereocenters. The molecule has 0 aliphatic heterocycles. The van der Waals surface area contributed by atoms with Gasteiger partial charge in [0, 0.05) is 16.5 Å². The zero-order valence-corrected chi connectivity index (χ0v) is 24.4. The minimum Gasteiger partial charge on any atom is -0.309 e. The van der Waals surface area contributed by atoms with Gasteiger partial charge >= 0.3 is 0 Å². The Morgan fingerprint density at radius 2 is 0.727 bits per heavy atom. The van der Waals surface area contributed by atoms with Crippen LogP contribution in [0.1, 0.15) is 11.1 Å². The number of para-hydroxylation sites is 2. The van der Waals surface area contributed by atoms with Gasteiger partial charge in [0.25, 0.3) is 0 Å². The Morgan fingerprint density at radius 1 is 0.318 bits per heavy atom. The van der Waals surface area contributed by atoms with Crippen molar-refractivity contribution in [2.75, 3.05) is 0 Å². The maximum atomic E-state index is 2.38. The topological polar surface area (TPSA) is 4.93 Å². The largest absolute Gasteiger partial charge is 0.309 e. The van der Waals surface area contributed by atoms with Crippen molar-refractivity contribution < 1.29 is 0 Å². The number of rotatable bonds is 6. The van der Waals surface area contributed by atoms with E-state index in [4.69, 9.17) is 0 Å². The maximum Gasteiger partial charge on any atom is 0.0541 e. The summed E-state index contributed by atoms with van der Waals surface area (Å²) < 4.78 is 2.38. The third-order valence-electron chi connectivity index (χ3n) is 8.66. The summed E-state index contributed by atoms with van der Waals surface area (Å²) in [4.78, 5) is 0. The van der Waals surface area contributed by atoms with Gasteiger partial charge in [-0.2, -0.15) is 0 Å². The first kappa shape index (κ1) is 26.0. The third kappa shape index (κ3) is 4.89. The van der Waals surface area contributed by atoms with Crippen molar-refractivity contribution in [2.45, 2.75) is 6.42 Å². The summed E-state index contributed by atoms with van der Waals surface area (Å²) in [6, 6.07) is 63.6. The van der Waals surface area contributed by atoms with Gasteiger partial charge in [0.15, 0.2) is 0 Å². The minimum atomic E-state index is 0.927. The first-order valence-corrected chi connectivity index (χ1v) is 15.2. The number of benzene rings is 7. The second-order valence-corrected chi connectivity index (χ2v) is 11.4. The van der Waals surface area contributed by atoms with Crippen molar-refractivity contribution in [3.05, 3.63) is 187 Å². The van der Waals surface area contributed by atoms with Crippen LogP contribution in [0, 0.1) is 0 Å². The fourth-order valence-corrected chi connectivity index (χ4v) is 6.38. The van der Waals surface area contributed by atoms with Gasteiger partial charge in [0.2, 0.25) is 0 Å². The molecule has 8 rings (SSSR count). The summed E-state index contributed by atoms with van der Waals surface area (Å²) >= 11 is 0. The maximum absolute atomic E-state index is 2.38. The normalized spacial score (nSPS) is 11.3.